The van der Waals surface area contributed by atoms with Crippen molar-refractivity contribution in [2.45, 2.75) is 37.6 Å². The van der Waals surface area contributed by atoms with Gasteiger partial charge in [-0.3, -0.25) is 0 Å². The van der Waals surface area contributed by atoms with Crippen molar-refractivity contribution in [3.8, 4) is 0 Å². The molecule has 0 spiro atoms. The van der Waals surface area contributed by atoms with Gasteiger partial charge in [-0.05, 0) is 19.8 Å². The normalized spacial score (nSPS) is 60.8. The van der Waals surface area contributed by atoms with Crippen LogP contribution < -0.4 is 0 Å². The molecule has 46 valence electrons. The van der Waals surface area contributed by atoms with Crippen LogP contribution >= 0.6 is 0 Å². The highest BCUT2D eigenvalue weighted by Gasteiger charge is 2.60. The monoisotopic (exact) mass is 114 g/mol. The molecular weight excluding hydrogens is 104 g/mol. The molecule has 0 amide bonds. The smallest absolute Gasteiger partial charge is 0.113 e. The van der Waals surface area contributed by atoms with Gasteiger partial charge in [0.05, 0.1) is 11.7 Å². The lowest BCUT2D eigenvalue weighted by Gasteiger charge is -1.98. The Hall–Kier alpha value is -0.0800. The molecule has 1 heterocycles. The van der Waals surface area contributed by atoms with E-state index in [-0.39, 0.29) is 17.8 Å². The fourth-order valence-electron chi connectivity index (χ4n) is 1.53. The molecule has 0 bridgehead atoms. The molecule has 1 aliphatic carbocycles. The van der Waals surface area contributed by atoms with E-state index in [2.05, 4.69) is 6.92 Å². The predicted octanol–water partition coefficient (Wildman–Crippen LogP) is 0.299. The summed E-state index contributed by atoms with van der Waals surface area (Å²) in [5.41, 5.74) is 0.0828. The van der Waals surface area contributed by atoms with Gasteiger partial charge in [0.25, 0.3) is 0 Å². The molecule has 8 heavy (non-hydrogen) atoms. The van der Waals surface area contributed by atoms with Gasteiger partial charge >= 0.3 is 0 Å². The van der Waals surface area contributed by atoms with Gasteiger partial charge in [0.2, 0.25) is 0 Å². The molecule has 1 saturated carbocycles. The van der Waals surface area contributed by atoms with Crippen LogP contribution in [0, 0.1) is 0 Å². The molecule has 0 unspecified atom stereocenters. The molecule has 0 aromatic heterocycles. The van der Waals surface area contributed by atoms with Crippen LogP contribution in [-0.2, 0) is 4.74 Å². The number of hydrogen-bond donors (Lipinski definition) is 1. The van der Waals surface area contributed by atoms with Crippen molar-refractivity contribution >= 4 is 0 Å². The number of aliphatic hydroxyl groups excluding tert-OH is 1. The second kappa shape index (κ2) is 1.09. The largest absolute Gasteiger partial charge is 0.390 e. The highest BCUT2D eigenvalue weighted by molar-refractivity contribution is 5.08. The zero-order valence-corrected chi connectivity index (χ0v) is 4.92. The number of rotatable bonds is 0. The Morgan fingerprint density at radius 1 is 1.75 bits per heavy atom. The van der Waals surface area contributed by atoms with Gasteiger partial charge in [0, 0.05) is 0 Å². The molecular formula is C6H10O2. The van der Waals surface area contributed by atoms with E-state index in [1.54, 1.807) is 0 Å². The van der Waals surface area contributed by atoms with Gasteiger partial charge in [-0.25, -0.2) is 0 Å². The lowest BCUT2D eigenvalue weighted by atomic mass is 10.1. The van der Waals surface area contributed by atoms with Crippen molar-refractivity contribution in [2.75, 3.05) is 0 Å². The summed E-state index contributed by atoms with van der Waals surface area (Å²) in [6.07, 6.45) is 1.99. The molecule has 2 aliphatic rings. The second-order valence-corrected chi connectivity index (χ2v) is 2.96. The summed E-state index contributed by atoms with van der Waals surface area (Å²) in [6, 6.07) is 0. The lowest BCUT2D eigenvalue weighted by Crippen LogP contribution is -2.09. The molecule has 1 aliphatic heterocycles. The molecule has 2 heteroatoms. The van der Waals surface area contributed by atoms with Gasteiger partial charge in [-0.2, -0.15) is 0 Å². The van der Waals surface area contributed by atoms with E-state index in [1.165, 1.54) is 0 Å². The van der Waals surface area contributed by atoms with Crippen LogP contribution in [0.4, 0.5) is 0 Å². The molecule has 3 atom stereocenters. The van der Waals surface area contributed by atoms with Crippen LogP contribution in [-0.4, -0.2) is 22.9 Å². The van der Waals surface area contributed by atoms with E-state index in [0.29, 0.717) is 0 Å². The van der Waals surface area contributed by atoms with Gasteiger partial charge in [-0.15, -0.1) is 0 Å². The third-order valence-electron chi connectivity index (χ3n) is 2.23. The van der Waals surface area contributed by atoms with Crippen molar-refractivity contribution < 1.29 is 9.84 Å². The average Bonchev–Trinajstić information content (AvgIpc) is 2.32. The quantitative estimate of drug-likeness (QED) is 0.459. The molecule has 2 rings (SSSR count). The Morgan fingerprint density at radius 3 is 2.62 bits per heavy atom. The van der Waals surface area contributed by atoms with Gasteiger partial charge in [0.1, 0.15) is 6.10 Å². The van der Waals surface area contributed by atoms with E-state index < -0.39 is 0 Å². The van der Waals surface area contributed by atoms with Crippen LogP contribution in [0.15, 0.2) is 0 Å². The van der Waals surface area contributed by atoms with E-state index in [9.17, 15) is 0 Å². The maximum absolute atomic E-state index is 9.08. The Morgan fingerprint density at radius 2 is 2.50 bits per heavy atom. The fraction of sp³-hybridized carbons (Fsp3) is 1.00. The van der Waals surface area contributed by atoms with Crippen molar-refractivity contribution in [1.82, 2.24) is 0 Å². The first-order valence-electron chi connectivity index (χ1n) is 3.08. The van der Waals surface area contributed by atoms with Crippen molar-refractivity contribution in [2.24, 2.45) is 0 Å². The maximum Gasteiger partial charge on any atom is 0.113 e. The standard InChI is InChI=1S/C6H10O2/c1-6-3-2-4(7)5(6)8-6/h4-5,7H,2-3H2,1H3/t4-,5-,6+/m0/s1. The molecule has 2 fully saturated rings. The number of ether oxygens (including phenoxy) is 1. The number of fused-ring (bicyclic) bond motifs is 1. The van der Waals surface area contributed by atoms with Crippen molar-refractivity contribution in [3.05, 3.63) is 0 Å². The van der Waals surface area contributed by atoms with Gasteiger partial charge in [0.15, 0.2) is 0 Å². The fourth-order valence-corrected chi connectivity index (χ4v) is 1.53. The van der Waals surface area contributed by atoms with Crippen LogP contribution in [0.2, 0.25) is 0 Å². The summed E-state index contributed by atoms with van der Waals surface area (Å²) in [7, 11) is 0. The summed E-state index contributed by atoms with van der Waals surface area (Å²) in [5, 5.41) is 9.08. The van der Waals surface area contributed by atoms with E-state index >= 15 is 0 Å². The summed E-state index contributed by atoms with van der Waals surface area (Å²) < 4.78 is 5.20. The zero-order valence-electron chi connectivity index (χ0n) is 4.92. The minimum atomic E-state index is -0.167. The summed E-state index contributed by atoms with van der Waals surface area (Å²) in [5.74, 6) is 0. The van der Waals surface area contributed by atoms with Crippen molar-refractivity contribution in [1.29, 1.82) is 0 Å². The van der Waals surface area contributed by atoms with Crippen LogP contribution in [0.3, 0.4) is 0 Å². The summed E-state index contributed by atoms with van der Waals surface area (Å²) in [4.78, 5) is 0. The maximum atomic E-state index is 9.08. The molecule has 0 radical (unpaired) electrons. The molecule has 0 aromatic carbocycles. The summed E-state index contributed by atoms with van der Waals surface area (Å²) >= 11 is 0. The van der Waals surface area contributed by atoms with Crippen LogP contribution in [0.1, 0.15) is 19.8 Å². The Labute approximate surface area is 48.5 Å². The second-order valence-electron chi connectivity index (χ2n) is 2.96. The Bertz CT molecular complexity index is 124. The van der Waals surface area contributed by atoms with E-state index in [1.807, 2.05) is 0 Å². The van der Waals surface area contributed by atoms with E-state index in [0.717, 1.165) is 12.8 Å². The topological polar surface area (TPSA) is 32.8 Å². The van der Waals surface area contributed by atoms with Gasteiger partial charge in [-0.1, -0.05) is 0 Å². The first kappa shape index (κ1) is 4.77. The summed E-state index contributed by atoms with van der Waals surface area (Å²) in [6.45, 7) is 2.06. The number of epoxide rings is 1. The molecule has 1 saturated heterocycles. The molecule has 1 N–H and O–H groups in total. The highest BCUT2D eigenvalue weighted by atomic mass is 16.6. The van der Waals surface area contributed by atoms with Crippen molar-refractivity contribution in [3.63, 3.8) is 0 Å². The van der Waals surface area contributed by atoms with E-state index in [4.69, 9.17) is 9.84 Å². The highest BCUT2D eigenvalue weighted by Crippen LogP contribution is 2.49. The Balaban J connectivity index is 2.15. The minimum Gasteiger partial charge on any atom is -0.390 e. The number of aliphatic hydroxyl groups is 1. The van der Waals surface area contributed by atoms with Crippen LogP contribution in [0.25, 0.3) is 0 Å². The first-order chi connectivity index (χ1) is 3.72. The van der Waals surface area contributed by atoms with Crippen LogP contribution in [0.5, 0.6) is 0 Å². The third kappa shape index (κ3) is 0.400. The Kier molecular flexibility index (Phi) is 0.649. The first-order valence-corrected chi connectivity index (χ1v) is 3.08. The lowest BCUT2D eigenvalue weighted by molar-refractivity contribution is 0.112. The zero-order chi connectivity index (χ0) is 5.78. The average molecular weight is 114 g/mol. The van der Waals surface area contributed by atoms with Gasteiger partial charge < -0.3 is 9.84 Å². The number of hydrogen-bond acceptors (Lipinski definition) is 2. The SMILES string of the molecule is C[C@@]12CC[C@H](O)[C@@H]1O2. The minimum absolute atomic E-state index is 0.0828. The molecule has 2 nitrogen and oxygen atoms in total. The molecule has 0 aromatic rings. The third-order valence-corrected chi connectivity index (χ3v) is 2.23. The predicted molar refractivity (Wildman–Crippen MR) is 28.5 cm³/mol.